The van der Waals surface area contributed by atoms with E-state index >= 15 is 0 Å². The molecule has 1 N–H and O–H groups in total. The van der Waals surface area contributed by atoms with Gasteiger partial charge in [0.1, 0.15) is 0 Å². The van der Waals surface area contributed by atoms with E-state index in [9.17, 15) is 0 Å². The van der Waals surface area contributed by atoms with Crippen LogP contribution in [-0.4, -0.2) is 46.8 Å². The summed E-state index contributed by atoms with van der Waals surface area (Å²) in [7, 11) is 1.99. The van der Waals surface area contributed by atoms with Crippen LogP contribution in [0.1, 0.15) is 62.0 Å². The molecule has 2 aliphatic rings. The third-order valence-corrected chi connectivity index (χ3v) is 6.64. The van der Waals surface area contributed by atoms with Crippen molar-refractivity contribution in [3.8, 4) is 0 Å². The quantitative estimate of drug-likeness (QED) is 0.613. The summed E-state index contributed by atoms with van der Waals surface area (Å²) in [4.78, 5) is 7.50. The Morgan fingerprint density at radius 1 is 1.07 bits per heavy atom. The van der Waals surface area contributed by atoms with Crippen molar-refractivity contribution >= 4 is 5.96 Å². The molecule has 1 saturated carbocycles. The number of hydrogen-bond acceptors (Lipinski definition) is 2. The first-order chi connectivity index (χ1) is 14.2. The number of nitrogens with zero attached hydrogens (tertiary/aromatic N) is 4. The van der Waals surface area contributed by atoms with E-state index in [-0.39, 0.29) is 0 Å². The molecule has 1 aliphatic heterocycles. The Labute approximate surface area is 175 Å². The van der Waals surface area contributed by atoms with Crippen molar-refractivity contribution in [3.05, 3.63) is 53.9 Å². The third-order valence-electron chi connectivity index (χ3n) is 6.64. The summed E-state index contributed by atoms with van der Waals surface area (Å²) in [6.45, 7) is 6.16. The second-order valence-corrected chi connectivity index (χ2v) is 8.70. The first-order valence-corrected chi connectivity index (χ1v) is 11.3. The summed E-state index contributed by atoms with van der Waals surface area (Å²) >= 11 is 0. The van der Waals surface area contributed by atoms with Gasteiger partial charge in [0, 0.05) is 45.3 Å². The number of rotatable bonds is 5. The molecule has 0 bridgehead atoms. The van der Waals surface area contributed by atoms with Crippen LogP contribution in [0.2, 0.25) is 0 Å². The first kappa shape index (κ1) is 20.0. The van der Waals surface area contributed by atoms with Crippen LogP contribution < -0.4 is 5.32 Å². The van der Waals surface area contributed by atoms with E-state index in [4.69, 9.17) is 4.99 Å². The zero-order valence-electron chi connectivity index (χ0n) is 17.9. The van der Waals surface area contributed by atoms with Crippen LogP contribution in [0.25, 0.3) is 0 Å². The highest BCUT2D eigenvalue weighted by Crippen LogP contribution is 2.35. The first-order valence-electron chi connectivity index (χ1n) is 11.3. The lowest BCUT2D eigenvalue weighted by Gasteiger charge is -2.28. The lowest BCUT2D eigenvalue weighted by atomic mass is 9.79. The van der Waals surface area contributed by atoms with Gasteiger partial charge in [-0.3, -0.25) is 9.67 Å². The lowest BCUT2D eigenvalue weighted by Crippen LogP contribution is -2.40. The Morgan fingerprint density at radius 2 is 1.86 bits per heavy atom. The molecule has 2 aromatic rings. The fourth-order valence-corrected chi connectivity index (χ4v) is 4.92. The maximum Gasteiger partial charge on any atom is 0.193 e. The van der Waals surface area contributed by atoms with Gasteiger partial charge in [0.2, 0.25) is 0 Å². The van der Waals surface area contributed by atoms with Crippen molar-refractivity contribution in [2.75, 3.05) is 26.2 Å². The van der Waals surface area contributed by atoms with Crippen LogP contribution in [-0.2, 0) is 7.05 Å². The summed E-state index contributed by atoms with van der Waals surface area (Å²) in [5.41, 5.74) is 2.87. The topological polar surface area (TPSA) is 45.5 Å². The highest BCUT2D eigenvalue weighted by molar-refractivity contribution is 5.80. The molecule has 2 fully saturated rings. The van der Waals surface area contributed by atoms with Crippen LogP contribution in [0.3, 0.4) is 0 Å². The minimum Gasteiger partial charge on any atom is -0.357 e. The largest absolute Gasteiger partial charge is 0.357 e. The van der Waals surface area contributed by atoms with Crippen LogP contribution in [0, 0.1) is 5.92 Å². The van der Waals surface area contributed by atoms with E-state index in [0.29, 0.717) is 5.92 Å². The molecule has 1 aromatic heterocycles. The fraction of sp³-hybridized carbons (Fsp3) is 0.583. The van der Waals surface area contributed by atoms with Gasteiger partial charge in [-0.25, -0.2) is 0 Å². The lowest BCUT2D eigenvalue weighted by molar-refractivity contribution is 0.331. The fourth-order valence-electron chi connectivity index (χ4n) is 4.92. The van der Waals surface area contributed by atoms with Gasteiger partial charge in [0.05, 0.1) is 6.20 Å². The standard InChI is InChI=1S/C24H35N5/c1-3-25-24(29-14-13-22(18-29)23-16-27-28(2)17-23)26-15-19-9-11-21(12-10-19)20-7-5-4-6-8-20/h4-8,16-17,19,21-22H,3,9-15,18H2,1-2H3,(H,25,26). The molecule has 5 heteroatoms. The molecule has 0 radical (unpaired) electrons. The van der Waals surface area contributed by atoms with E-state index in [0.717, 1.165) is 44.0 Å². The zero-order valence-corrected chi connectivity index (χ0v) is 17.9. The summed E-state index contributed by atoms with van der Waals surface area (Å²) in [6.07, 6.45) is 10.5. The van der Waals surface area contributed by atoms with Crippen molar-refractivity contribution in [2.45, 2.75) is 50.9 Å². The highest BCUT2D eigenvalue weighted by Gasteiger charge is 2.27. The summed E-state index contributed by atoms with van der Waals surface area (Å²) in [6, 6.07) is 11.0. The van der Waals surface area contributed by atoms with Gasteiger partial charge >= 0.3 is 0 Å². The van der Waals surface area contributed by atoms with Crippen LogP contribution in [0.15, 0.2) is 47.7 Å². The second kappa shape index (κ2) is 9.47. The van der Waals surface area contributed by atoms with Gasteiger partial charge in [0.15, 0.2) is 5.96 Å². The normalized spacial score (nSPS) is 25.4. The zero-order chi connectivity index (χ0) is 20.1. The van der Waals surface area contributed by atoms with E-state index in [1.807, 2.05) is 17.9 Å². The molecule has 1 aromatic carbocycles. The molecule has 156 valence electrons. The Bertz CT molecular complexity index is 789. The molecule has 1 saturated heterocycles. The van der Waals surface area contributed by atoms with Gasteiger partial charge in [-0.2, -0.15) is 5.10 Å². The van der Waals surface area contributed by atoms with Gasteiger partial charge in [-0.15, -0.1) is 0 Å². The maximum absolute atomic E-state index is 5.06. The average Bonchev–Trinajstić information content (AvgIpc) is 3.41. The number of aromatic nitrogens is 2. The van der Waals surface area contributed by atoms with Crippen molar-refractivity contribution in [2.24, 2.45) is 18.0 Å². The van der Waals surface area contributed by atoms with E-state index in [1.54, 1.807) is 0 Å². The predicted molar refractivity (Wildman–Crippen MR) is 119 cm³/mol. The SMILES string of the molecule is CCNC(=NCC1CCC(c2ccccc2)CC1)N1CCC(c2cnn(C)c2)C1. The molecular weight excluding hydrogens is 358 g/mol. The van der Waals surface area contributed by atoms with E-state index in [2.05, 4.69) is 58.8 Å². The molecular formula is C24H35N5. The predicted octanol–water partition coefficient (Wildman–Crippen LogP) is 4.15. The number of aryl methyl sites for hydroxylation is 1. The van der Waals surface area contributed by atoms with Gasteiger partial charge in [-0.1, -0.05) is 30.3 Å². The minimum atomic E-state index is 0.564. The Hall–Kier alpha value is -2.30. The number of hydrogen-bond donors (Lipinski definition) is 1. The minimum absolute atomic E-state index is 0.564. The molecule has 0 amide bonds. The van der Waals surface area contributed by atoms with Gasteiger partial charge in [-0.05, 0) is 62.0 Å². The highest BCUT2D eigenvalue weighted by atomic mass is 15.3. The summed E-state index contributed by atoms with van der Waals surface area (Å²) in [5, 5.41) is 7.88. The third kappa shape index (κ3) is 5.01. The van der Waals surface area contributed by atoms with Crippen LogP contribution in [0.4, 0.5) is 0 Å². The van der Waals surface area contributed by atoms with Crippen molar-refractivity contribution in [3.63, 3.8) is 0 Å². The number of aliphatic imine (C=N–C) groups is 1. The van der Waals surface area contributed by atoms with Gasteiger partial charge in [0.25, 0.3) is 0 Å². The Morgan fingerprint density at radius 3 is 2.55 bits per heavy atom. The summed E-state index contributed by atoms with van der Waals surface area (Å²) in [5.74, 6) is 3.13. The molecule has 1 aliphatic carbocycles. The molecule has 2 heterocycles. The molecule has 1 unspecified atom stereocenters. The number of guanidine groups is 1. The number of likely N-dealkylation sites (tertiary alicyclic amines) is 1. The van der Waals surface area contributed by atoms with Crippen molar-refractivity contribution in [1.29, 1.82) is 0 Å². The molecule has 4 rings (SSSR count). The smallest absolute Gasteiger partial charge is 0.193 e. The van der Waals surface area contributed by atoms with Crippen LogP contribution >= 0.6 is 0 Å². The molecule has 5 nitrogen and oxygen atoms in total. The molecule has 0 spiro atoms. The van der Waals surface area contributed by atoms with Crippen molar-refractivity contribution < 1.29 is 0 Å². The van der Waals surface area contributed by atoms with Crippen molar-refractivity contribution in [1.82, 2.24) is 20.0 Å². The number of nitrogens with one attached hydrogen (secondary N) is 1. The maximum atomic E-state index is 5.06. The second-order valence-electron chi connectivity index (χ2n) is 8.70. The number of benzene rings is 1. The van der Waals surface area contributed by atoms with Crippen LogP contribution in [0.5, 0.6) is 0 Å². The Balaban J connectivity index is 1.31. The van der Waals surface area contributed by atoms with E-state index < -0.39 is 0 Å². The molecule has 1 atom stereocenters. The van der Waals surface area contributed by atoms with Gasteiger partial charge < -0.3 is 10.2 Å². The Kier molecular flexibility index (Phi) is 6.53. The molecule has 29 heavy (non-hydrogen) atoms. The van der Waals surface area contributed by atoms with E-state index in [1.165, 1.54) is 43.2 Å². The monoisotopic (exact) mass is 393 g/mol. The average molecular weight is 394 g/mol. The summed E-state index contributed by atoms with van der Waals surface area (Å²) < 4.78 is 1.91.